The third-order valence-electron chi connectivity index (χ3n) is 4.29. The summed E-state index contributed by atoms with van der Waals surface area (Å²) in [4.78, 5) is 8.99. The Balaban J connectivity index is 2.06. The zero-order valence-electron chi connectivity index (χ0n) is 13.7. The number of hydrogen-bond donors (Lipinski definition) is 2. The number of hydrogen-bond acceptors (Lipinski definition) is 5. The van der Waals surface area contributed by atoms with E-state index >= 15 is 0 Å². The van der Waals surface area contributed by atoms with Gasteiger partial charge in [0.1, 0.15) is 11.6 Å². The van der Waals surface area contributed by atoms with Crippen molar-refractivity contribution in [1.29, 1.82) is 0 Å². The quantitative estimate of drug-likeness (QED) is 0.582. The molecule has 0 bridgehead atoms. The normalized spacial score (nSPS) is 17.2. The van der Waals surface area contributed by atoms with Gasteiger partial charge in [-0.25, -0.2) is 9.97 Å². The molecule has 1 aromatic rings. The fourth-order valence-electron chi connectivity index (χ4n) is 3.46. The van der Waals surface area contributed by atoms with Crippen molar-refractivity contribution < 1.29 is 0 Å². The molecule has 0 unspecified atom stereocenters. The summed E-state index contributed by atoms with van der Waals surface area (Å²) in [6, 6.07) is 2.00. The van der Waals surface area contributed by atoms with Crippen LogP contribution in [0.4, 0.5) is 11.6 Å². The van der Waals surface area contributed by atoms with Crippen LogP contribution in [-0.4, -0.2) is 29.8 Å². The molecule has 1 fully saturated rings. The summed E-state index contributed by atoms with van der Waals surface area (Å²) in [7, 11) is 1.90. The van der Waals surface area contributed by atoms with Crippen molar-refractivity contribution in [3.8, 4) is 0 Å². The SMILES string of the molecule is CNc1cc(NCC2(CC(C)C)CCCC2)nc(SC)n1. The molecule has 1 heterocycles. The van der Waals surface area contributed by atoms with Gasteiger partial charge in [-0.3, -0.25) is 0 Å². The number of rotatable bonds is 7. The molecular formula is C16H28N4S. The number of nitrogens with zero attached hydrogens (tertiary/aromatic N) is 2. The number of anilines is 2. The Kier molecular flexibility index (Phi) is 5.73. The molecule has 2 rings (SSSR count). The lowest BCUT2D eigenvalue weighted by molar-refractivity contribution is 0.252. The van der Waals surface area contributed by atoms with Gasteiger partial charge in [0.25, 0.3) is 0 Å². The van der Waals surface area contributed by atoms with E-state index < -0.39 is 0 Å². The molecule has 2 N–H and O–H groups in total. The average Bonchev–Trinajstić information content (AvgIpc) is 2.92. The molecule has 1 aliphatic rings. The lowest BCUT2D eigenvalue weighted by atomic mass is 9.78. The summed E-state index contributed by atoms with van der Waals surface area (Å²) in [6.07, 6.45) is 8.75. The van der Waals surface area contributed by atoms with Gasteiger partial charge in [-0.2, -0.15) is 0 Å². The smallest absolute Gasteiger partial charge is 0.191 e. The van der Waals surface area contributed by atoms with Gasteiger partial charge in [-0.15, -0.1) is 0 Å². The maximum absolute atomic E-state index is 4.57. The van der Waals surface area contributed by atoms with Crippen LogP contribution in [0.25, 0.3) is 0 Å². The molecule has 0 aliphatic heterocycles. The van der Waals surface area contributed by atoms with Crippen LogP contribution < -0.4 is 10.6 Å². The van der Waals surface area contributed by atoms with Crippen molar-refractivity contribution in [3.05, 3.63) is 6.07 Å². The molecule has 1 aromatic heterocycles. The minimum Gasteiger partial charge on any atom is -0.373 e. The van der Waals surface area contributed by atoms with Gasteiger partial charge in [0.2, 0.25) is 0 Å². The van der Waals surface area contributed by atoms with Gasteiger partial charge >= 0.3 is 0 Å². The van der Waals surface area contributed by atoms with Crippen LogP contribution >= 0.6 is 11.8 Å². The largest absolute Gasteiger partial charge is 0.373 e. The number of thioether (sulfide) groups is 1. The van der Waals surface area contributed by atoms with Crippen LogP contribution in [-0.2, 0) is 0 Å². The van der Waals surface area contributed by atoms with Crippen LogP contribution in [0, 0.1) is 11.3 Å². The molecule has 21 heavy (non-hydrogen) atoms. The lowest BCUT2D eigenvalue weighted by Crippen LogP contribution is -2.28. The third kappa shape index (κ3) is 4.50. The first kappa shape index (κ1) is 16.4. The van der Waals surface area contributed by atoms with Crippen LogP contribution in [0.1, 0.15) is 46.0 Å². The summed E-state index contributed by atoms with van der Waals surface area (Å²) in [5.41, 5.74) is 0.457. The van der Waals surface area contributed by atoms with E-state index in [1.165, 1.54) is 32.1 Å². The highest BCUT2D eigenvalue weighted by Gasteiger charge is 2.34. The Bertz CT molecular complexity index is 433. The van der Waals surface area contributed by atoms with Gasteiger partial charge in [0.05, 0.1) is 0 Å². The second kappa shape index (κ2) is 7.34. The molecule has 5 heteroatoms. The maximum atomic E-state index is 4.57. The van der Waals surface area contributed by atoms with E-state index in [9.17, 15) is 0 Å². The van der Waals surface area contributed by atoms with Gasteiger partial charge in [-0.1, -0.05) is 38.5 Å². The Morgan fingerprint density at radius 3 is 2.48 bits per heavy atom. The van der Waals surface area contributed by atoms with Crippen molar-refractivity contribution in [2.75, 3.05) is 30.5 Å². The molecule has 4 nitrogen and oxygen atoms in total. The Morgan fingerprint density at radius 1 is 1.24 bits per heavy atom. The van der Waals surface area contributed by atoms with Gasteiger partial charge in [-0.05, 0) is 36.9 Å². The molecule has 0 aromatic carbocycles. The summed E-state index contributed by atoms with van der Waals surface area (Å²) >= 11 is 1.58. The van der Waals surface area contributed by atoms with Crippen molar-refractivity contribution >= 4 is 23.4 Å². The number of nitrogens with one attached hydrogen (secondary N) is 2. The maximum Gasteiger partial charge on any atom is 0.191 e. The predicted octanol–water partition coefficient (Wildman–Crippen LogP) is 4.26. The van der Waals surface area contributed by atoms with Gasteiger partial charge < -0.3 is 10.6 Å². The van der Waals surface area contributed by atoms with Crippen molar-refractivity contribution in [2.45, 2.75) is 51.1 Å². The van der Waals surface area contributed by atoms with Crippen LogP contribution in [0.3, 0.4) is 0 Å². The van der Waals surface area contributed by atoms with E-state index in [4.69, 9.17) is 0 Å². The van der Waals surface area contributed by atoms with E-state index in [2.05, 4.69) is 34.4 Å². The first-order valence-corrected chi connectivity index (χ1v) is 9.14. The fraction of sp³-hybridized carbons (Fsp3) is 0.750. The molecule has 1 aliphatic carbocycles. The van der Waals surface area contributed by atoms with E-state index in [0.717, 1.165) is 29.3 Å². The predicted molar refractivity (Wildman–Crippen MR) is 92.2 cm³/mol. The van der Waals surface area contributed by atoms with E-state index in [1.54, 1.807) is 11.8 Å². The van der Waals surface area contributed by atoms with Crippen LogP contribution in [0.2, 0.25) is 0 Å². The topological polar surface area (TPSA) is 49.8 Å². The highest BCUT2D eigenvalue weighted by molar-refractivity contribution is 7.98. The lowest BCUT2D eigenvalue weighted by Gasteiger charge is -2.31. The molecule has 118 valence electrons. The third-order valence-corrected chi connectivity index (χ3v) is 4.84. The molecule has 0 atom stereocenters. The summed E-state index contributed by atoms with van der Waals surface area (Å²) in [6.45, 7) is 5.69. The molecule has 0 radical (unpaired) electrons. The molecule has 0 saturated heterocycles. The van der Waals surface area contributed by atoms with Gasteiger partial charge in [0, 0.05) is 19.7 Å². The average molecular weight is 308 g/mol. The first-order valence-electron chi connectivity index (χ1n) is 7.91. The summed E-state index contributed by atoms with van der Waals surface area (Å²) in [5, 5.41) is 7.50. The summed E-state index contributed by atoms with van der Waals surface area (Å²) < 4.78 is 0. The molecular weight excluding hydrogens is 280 g/mol. The zero-order valence-corrected chi connectivity index (χ0v) is 14.5. The van der Waals surface area contributed by atoms with E-state index in [0.29, 0.717) is 5.41 Å². The van der Waals surface area contributed by atoms with Crippen LogP contribution in [0.5, 0.6) is 0 Å². The van der Waals surface area contributed by atoms with Crippen molar-refractivity contribution in [2.24, 2.45) is 11.3 Å². The minimum absolute atomic E-state index is 0.457. The van der Waals surface area contributed by atoms with E-state index in [-0.39, 0.29) is 0 Å². The minimum atomic E-state index is 0.457. The standard InChI is InChI=1S/C16H28N4S/c1-12(2)10-16(7-5-6-8-16)11-18-14-9-13(17-3)19-15(20-14)21-4/h9,12H,5-8,10-11H2,1-4H3,(H2,17,18,19,20). The van der Waals surface area contributed by atoms with Gasteiger partial charge in [0.15, 0.2) is 5.16 Å². The Morgan fingerprint density at radius 2 is 1.90 bits per heavy atom. The second-order valence-electron chi connectivity index (χ2n) is 6.53. The zero-order chi connectivity index (χ0) is 15.3. The molecule has 0 spiro atoms. The fourth-order valence-corrected chi connectivity index (χ4v) is 3.84. The van der Waals surface area contributed by atoms with E-state index in [1.807, 2.05) is 19.4 Å². The van der Waals surface area contributed by atoms with Crippen LogP contribution in [0.15, 0.2) is 11.2 Å². The second-order valence-corrected chi connectivity index (χ2v) is 7.31. The van der Waals surface area contributed by atoms with Crippen molar-refractivity contribution in [3.63, 3.8) is 0 Å². The first-order chi connectivity index (χ1) is 10.1. The number of aromatic nitrogens is 2. The molecule has 1 saturated carbocycles. The highest BCUT2D eigenvalue weighted by atomic mass is 32.2. The Labute approximate surface area is 132 Å². The highest BCUT2D eigenvalue weighted by Crippen LogP contribution is 2.43. The molecule has 0 amide bonds. The monoisotopic (exact) mass is 308 g/mol. The Hall–Kier alpha value is -0.970. The summed E-state index contributed by atoms with van der Waals surface area (Å²) in [5.74, 6) is 2.57. The van der Waals surface area contributed by atoms with Crippen molar-refractivity contribution in [1.82, 2.24) is 9.97 Å².